The zero-order chi connectivity index (χ0) is 28.8. The molecule has 2 aliphatic rings. The van der Waals surface area contributed by atoms with Gasteiger partial charge >= 0.3 is 0 Å². The molecule has 0 saturated heterocycles. The lowest BCUT2D eigenvalue weighted by Gasteiger charge is -2.28. The maximum absolute atomic E-state index is 13.8. The van der Waals surface area contributed by atoms with Gasteiger partial charge in [0.1, 0.15) is 23.9 Å². The Bertz CT molecular complexity index is 1400. The van der Waals surface area contributed by atoms with Crippen LogP contribution < -0.4 is 14.8 Å². The molecule has 1 fully saturated rings. The molecule has 1 aliphatic heterocycles. The van der Waals surface area contributed by atoms with Crippen molar-refractivity contribution in [2.75, 3.05) is 32.8 Å². The number of nitrogens with one attached hydrogen (secondary N) is 1. The number of carbonyl (C=O) groups is 1. The lowest BCUT2D eigenvalue weighted by atomic mass is 9.92. The van der Waals surface area contributed by atoms with Crippen molar-refractivity contribution in [3.05, 3.63) is 98.8 Å². The van der Waals surface area contributed by atoms with Crippen molar-refractivity contribution in [3.8, 4) is 11.5 Å². The number of aryl methyl sites for hydroxylation is 3. The largest absolute Gasteiger partial charge is 0.492 e. The van der Waals surface area contributed by atoms with Crippen molar-refractivity contribution in [3.63, 3.8) is 0 Å². The van der Waals surface area contributed by atoms with E-state index in [1.54, 1.807) is 6.07 Å². The number of hydrogen-bond acceptors (Lipinski definition) is 4. The molecule has 0 aromatic heterocycles. The minimum absolute atomic E-state index is 0.128. The number of ether oxygens (including phenoxy) is 2. The summed E-state index contributed by atoms with van der Waals surface area (Å²) in [4.78, 5) is 15.9. The Morgan fingerprint density at radius 2 is 1.80 bits per heavy atom. The average molecular weight is 622 g/mol. The fraction of sp³-hybridized carbons (Fsp3) is 0.382. The lowest BCUT2D eigenvalue weighted by Crippen LogP contribution is -2.41. The van der Waals surface area contributed by atoms with Crippen LogP contribution in [-0.4, -0.2) is 49.7 Å². The van der Waals surface area contributed by atoms with Crippen LogP contribution in [0, 0.1) is 19.7 Å². The number of hydrogen-bond donors (Lipinski definition) is 1. The molecule has 3 aromatic rings. The summed E-state index contributed by atoms with van der Waals surface area (Å²) in [7, 11) is 0. The van der Waals surface area contributed by atoms with Crippen molar-refractivity contribution < 1.29 is 18.7 Å². The smallest absolute Gasteiger partial charge is 0.251 e. The molecule has 41 heavy (non-hydrogen) atoms. The second-order valence-electron chi connectivity index (χ2n) is 10.9. The summed E-state index contributed by atoms with van der Waals surface area (Å²) in [5, 5.41) is 3.41. The third-order valence-corrected chi connectivity index (χ3v) is 8.52. The van der Waals surface area contributed by atoms with Crippen LogP contribution in [0.2, 0.25) is 0 Å². The molecule has 0 atom stereocenters. The van der Waals surface area contributed by atoms with Crippen LogP contribution in [0.4, 0.5) is 4.39 Å². The van der Waals surface area contributed by atoms with E-state index in [2.05, 4.69) is 71.5 Å². The summed E-state index contributed by atoms with van der Waals surface area (Å²) < 4.78 is 26.0. The Kier molecular flexibility index (Phi) is 9.78. The molecule has 7 heteroatoms. The van der Waals surface area contributed by atoms with Gasteiger partial charge in [-0.25, -0.2) is 4.39 Å². The molecule has 0 bridgehead atoms. The van der Waals surface area contributed by atoms with Crippen LogP contribution in [0.15, 0.2) is 70.7 Å². The van der Waals surface area contributed by atoms with Gasteiger partial charge in [0.25, 0.3) is 5.91 Å². The molecule has 1 saturated carbocycles. The van der Waals surface area contributed by atoms with Crippen molar-refractivity contribution in [1.29, 1.82) is 0 Å². The van der Waals surface area contributed by atoms with E-state index in [1.807, 2.05) is 11.0 Å². The minimum Gasteiger partial charge on any atom is -0.492 e. The molecule has 1 heterocycles. The van der Waals surface area contributed by atoms with Gasteiger partial charge < -0.3 is 19.7 Å². The number of rotatable bonds is 12. The summed E-state index contributed by atoms with van der Waals surface area (Å²) in [6, 6.07) is 19.4. The molecule has 216 valence electrons. The Morgan fingerprint density at radius 3 is 2.56 bits per heavy atom. The predicted molar refractivity (Wildman–Crippen MR) is 165 cm³/mol. The molecule has 5 nitrogen and oxygen atoms in total. The van der Waals surface area contributed by atoms with Gasteiger partial charge in [-0.3, -0.25) is 4.79 Å². The highest BCUT2D eigenvalue weighted by Crippen LogP contribution is 2.32. The van der Waals surface area contributed by atoms with Gasteiger partial charge in [0.2, 0.25) is 0 Å². The van der Waals surface area contributed by atoms with Crippen molar-refractivity contribution >= 4 is 27.4 Å². The van der Waals surface area contributed by atoms with E-state index in [4.69, 9.17) is 9.47 Å². The Hall–Kier alpha value is -3.16. The van der Waals surface area contributed by atoms with Crippen LogP contribution >= 0.6 is 15.9 Å². The van der Waals surface area contributed by atoms with Gasteiger partial charge in [-0.05, 0) is 121 Å². The molecular formula is C34H38BrFN2O3. The predicted octanol–water partition coefficient (Wildman–Crippen LogP) is 7.03. The van der Waals surface area contributed by atoms with E-state index in [-0.39, 0.29) is 11.7 Å². The standard InChI is InChI=1S/C34H38BrFN2O3/c1-23-5-13-29(20-24(23)2)40-19-17-38(28-11-12-28)34(39)31-22-37-16-15-30(31)26-8-6-25(7-9-26)4-3-18-41-33-21-27(36)10-14-32(33)35/h5-10,13-14,20-21,28,37H,3-4,11-12,15-19,22H2,1-2H3. The van der Waals surface area contributed by atoms with E-state index in [1.165, 1.54) is 28.8 Å². The Balaban J connectivity index is 1.20. The molecule has 1 N–H and O–H groups in total. The van der Waals surface area contributed by atoms with Crippen LogP contribution in [-0.2, 0) is 11.2 Å². The monoisotopic (exact) mass is 620 g/mol. The van der Waals surface area contributed by atoms with Gasteiger partial charge in [0.05, 0.1) is 17.6 Å². The first-order valence-corrected chi connectivity index (χ1v) is 15.3. The summed E-state index contributed by atoms with van der Waals surface area (Å²) in [5.74, 6) is 1.19. The molecule has 0 radical (unpaired) electrons. The summed E-state index contributed by atoms with van der Waals surface area (Å²) in [6.45, 7) is 7.20. The van der Waals surface area contributed by atoms with Crippen LogP contribution in [0.25, 0.3) is 5.57 Å². The summed E-state index contributed by atoms with van der Waals surface area (Å²) in [6.07, 6.45) is 4.61. The van der Waals surface area contributed by atoms with Gasteiger partial charge in [-0.2, -0.15) is 0 Å². The molecule has 5 rings (SSSR count). The quantitative estimate of drug-likeness (QED) is 0.221. The molecule has 0 spiro atoms. The highest BCUT2D eigenvalue weighted by molar-refractivity contribution is 9.10. The SMILES string of the molecule is Cc1ccc(OCCN(C(=O)C2=C(c3ccc(CCCOc4cc(F)ccc4Br)cc3)CCNC2)C2CC2)cc1C. The zero-order valence-corrected chi connectivity index (χ0v) is 25.4. The number of carbonyl (C=O) groups excluding carboxylic acids is 1. The number of benzene rings is 3. The van der Waals surface area contributed by atoms with Crippen molar-refractivity contribution in [2.24, 2.45) is 0 Å². The molecular weight excluding hydrogens is 583 g/mol. The Labute approximate surface area is 250 Å². The van der Waals surface area contributed by atoms with Crippen molar-refractivity contribution in [2.45, 2.75) is 52.0 Å². The number of nitrogens with zero attached hydrogens (tertiary/aromatic N) is 1. The second-order valence-corrected chi connectivity index (χ2v) is 11.8. The van der Waals surface area contributed by atoms with Gasteiger partial charge in [0, 0.05) is 24.2 Å². The lowest BCUT2D eigenvalue weighted by molar-refractivity contribution is -0.128. The average Bonchev–Trinajstić information content (AvgIpc) is 3.82. The van der Waals surface area contributed by atoms with E-state index >= 15 is 0 Å². The molecule has 0 unspecified atom stereocenters. The first kappa shape index (κ1) is 29.3. The fourth-order valence-corrected chi connectivity index (χ4v) is 5.56. The molecule has 1 aliphatic carbocycles. The molecule has 1 amide bonds. The topological polar surface area (TPSA) is 50.8 Å². The van der Waals surface area contributed by atoms with Gasteiger partial charge in [-0.1, -0.05) is 30.3 Å². The fourth-order valence-electron chi connectivity index (χ4n) is 5.20. The zero-order valence-electron chi connectivity index (χ0n) is 23.8. The third kappa shape index (κ3) is 7.77. The van der Waals surface area contributed by atoms with E-state index < -0.39 is 0 Å². The summed E-state index contributed by atoms with van der Waals surface area (Å²) >= 11 is 3.40. The highest BCUT2D eigenvalue weighted by Gasteiger charge is 2.35. The van der Waals surface area contributed by atoms with Crippen LogP contribution in [0.1, 0.15) is 47.9 Å². The number of amides is 1. The molecule has 3 aromatic carbocycles. The van der Waals surface area contributed by atoms with Crippen LogP contribution in [0.3, 0.4) is 0 Å². The maximum Gasteiger partial charge on any atom is 0.251 e. The summed E-state index contributed by atoms with van der Waals surface area (Å²) in [5.41, 5.74) is 6.78. The number of halogens is 2. The van der Waals surface area contributed by atoms with Gasteiger partial charge in [-0.15, -0.1) is 0 Å². The van der Waals surface area contributed by atoms with E-state index in [0.29, 0.717) is 38.1 Å². The first-order valence-electron chi connectivity index (χ1n) is 14.5. The Morgan fingerprint density at radius 1 is 1.00 bits per heavy atom. The minimum atomic E-state index is -0.310. The normalized spacial score (nSPS) is 15.1. The maximum atomic E-state index is 13.8. The van der Waals surface area contributed by atoms with E-state index in [9.17, 15) is 9.18 Å². The van der Waals surface area contributed by atoms with E-state index in [0.717, 1.165) is 65.6 Å². The van der Waals surface area contributed by atoms with Crippen molar-refractivity contribution in [1.82, 2.24) is 10.2 Å². The third-order valence-electron chi connectivity index (χ3n) is 7.87. The highest BCUT2D eigenvalue weighted by atomic mass is 79.9. The second kappa shape index (κ2) is 13.7. The van der Waals surface area contributed by atoms with Crippen LogP contribution in [0.5, 0.6) is 11.5 Å². The first-order chi connectivity index (χ1) is 19.9. The van der Waals surface area contributed by atoms with Gasteiger partial charge in [0.15, 0.2) is 0 Å².